The molecular weight excluding hydrogens is 200 g/mol. The molecule has 1 amide bonds. The van der Waals surface area contributed by atoms with Crippen LogP contribution in [0.25, 0.3) is 0 Å². The Labute approximate surface area is 86.2 Å². The fraction of sp³-hybridized carbons (Fsp3) is 0.300. The number of hydrogen-bond acceptors (Lipinski definition) is 2. The molecule has 2 unspecified atom stereocenters. The van der Waals surface area contributed by atoms with Crippen molar-refractivity contribution in [2.24, 2.45) is 5.73 Å². The molecule has 2 atom stereocenters. The van der Waals surface area contributed by atoms with E-state index in [4.69, 9.17) is 17.3 Å². The molecule has 4 heteroatoms. The summed E-state index contributed by atoms with van der Waals surface area (Å²) in [6.45, 7) is 0. The van der Waals surface area contributed by atoms with Crippen molar-refractivity contribution in [3.8, 4) is 0 Å². The number of halogens is 1. The van der Waals surface area contributed by atoms with E-state index in [0.717, 1.165) is 17.7 Å². The Morgan fingerprint density at radius 1 is 1.57 bits per heavy atom. The van der Waals surface area contributed by atoms with Gasteiger partial charge in [0.2, 0.25) is 5.91 Å². The van der Waals surface area contributed by atoms with E-state index in [2.05, 4.69) is 5.32 Å². The molecule has 1 fully saturated rings. The second kappa shape index (κ2) is 2.30. The number of benzene rings is 1. The zero-order chi connectivity index (χ0) is 9.92. The van der Waals surface area contributed by atoms with Crippen LogP contribution in [0.5, 0.6) is 0 Å². The molecule has 1 heterocycles. The predicted octanol–water partition coefficient (Wildman–Crippen LogP) is 1.26. The highest BCUT2D eigenvalue weighted by Crippen LogP contribution is 2.55. The minimum atomic E-state index is -0.472. The fourth-order valence-electron chi connectivity index (χ4n) is 2.23. The summed E-state index contributed by atoms with van der Waals surface area (Å²) in [5.41, 5.74) is 7.05. The largest absolute Gasteiger partial charge is 0.326 e. The molecule has 0 radical (unpaired) electrons. The summed E-state index contributed by atoms with van der Waals surface area (Å²) >= 11 is 5.98. The van der Waals surface area contributed by atoms with Crippen LogP contribution in [0.4, 0.5) is 5.69 Å². The summed E-state index contributed by atoms with van der Waals surface area (Å²) in [5, 5.41) is 3.39. The van der Waals surface area contributed by atoms with Crippen LogP contribution in [0.1, 0.15) is 12.0 Å². The van der Waals surface area contributed by atoms with E-state index in [1.165, 1.54) is 0 Å². The summed E-state index contributed by atoms with van der Waals surface area (Å²) in [6.07, 6.45) is 0.728. The molecule has 14 heavy (non-hydrogen) atoms. The number of carbonyl (C=O) groups is 1. The Morgan fingerprint density at radius 2 is 2.29 bits per heavy atom. The minimum absolute atomic E-state index is 0.00639. The predicted molar refractivity (Wildman–Crippen MR) is 54.4 cm³/mol. The molecule has 1 aliphatic heterocycles. The molecule has 0 saturated heterocycles. The van der Waals surface area contributed by atoms with Gasteiger partial charge in [-0.05, 0) is 18.1 Å². The monoisotopic (exact) mass is 208 g/mol. The lowest BCUT2D eigenvalue weighted by atomic mass is 9.97. The Bertz CT molecular complexity index is 446. The first-order chi connectivity index (χ1) is 6.66. The zero-order valence-corrected chi connectivity index (χ0v) is 8.14. The van der Waals surface area contributed by atoms with Crippen molar-refractivity contribution >= 4 is 23.2 Å². The number of carbonyl (C=O) groups excluding carboxylic acids is 1. The quantitative estimate of drug-likeness (QED) is 0.675. The molecule has 2 aliphatic rings. The van der Waals surface area contributed by atoms with Gasteiger partial charge in [0.15, 0.2) is 0 Å². The van der Waals surface area contributed by atoms with Gasteiger partial charge in [0, 0.05) is 6.04 Å². The van der Waals surface area contributed by atoms with Crippen LogP contribution in [0.15, 0.2) is 18.2 Å². The first-order valence-corrected chi connectivity index (χ1v) is 4.90. The highest BCUT2D eigenvalue weighted by Gasteiger charge is 2.63. The third kappa shape index (κ3) is 0.751. The van der Waals surface area contributed by atoms with Gasteiger partial charge in [-0.3, -0.25) is 4.79 Å². The van der Waals surface area contributed by atoms with E-state index in [-0.39, 0.29) is 11.9 Å². The van der Waals surface area contributed by atoms with Crippen LogP contribution < -0.4 is 11.1 Å². The SMILES string of the molecule is NC1CC12C(=O)Nc1c(Cl)cccc12. The van der Waals surface area contributed by atoms with E-state index < -0.39 is 5.41 Å². The first kappa shape index (κ1) is 8.26. The zero-order valence-electron chi connectivity index (χ0n) is 7.38. The highest BCUT2D eigenvalue weighted by molar-refractivity contribution is 6.35. The number of fused-ring (bicyclic) bond motifs is 2. The second-order valence-electron chi connectivity index (χ2n) is 3.90. The van der Waals surface area contributed by atoms with E-state index in [1.807, 2.05) is 12.1 Å². The molecule has 3 N–H and O–H groups in total. The molecule has 1 aromatic rings. The van der Waals surface area contributed by atoms with Crippen LogP contribution in [-0.4, -0.2) is 11.9 Å². The number of rotatable bonds is 0. The van der Waals surface area contributed by atoms with Gasteiger partial charge in [0.05, 0.1) is 16.1 Å². The summed E-state index contributed by atoms with van der Waals surface area (Å²) in [4.78, 5) is 11.7. The molecule has 3 nitrogen and oxygen atoms in total. The second-order valence-corrected chi connectivity index (χ2v) is 4.31. The molecule has 72 valence electrons. The van der Waals surface area contributed by atoms with Gasteiger partial charge in [-0.15, -0.1) is 0 Å². The Balaban J connectivity index is 2.24. The summed E-state index contributed by atoms with van der Waals surface area (Å²) in [7, 11) is 0. The van der Waals surface area contributed by atoms with E-state index >= 15 is 0 Å². The number of nitrogens with two attached hydrogens (primary N) is 1. The summed E-state index contributed by atoms with van der Waals surface area (Å²) in [6, 6.07) is 5.50. The van der Waals surface area contributed by atoms with Crippen molar-refractivity contribution in [1.29, 1.82) is 0 Å². The van der Waals surface area contributed by atoms with Gasteiger partial charge < -0.3 is 11.1 Å². The molecule has 1 aromatic carbocycles. The molecule has 1 saturated carbocycles. The number of anilines is 1. The third-order valence-corrected chi connectivity index (χ3v) is 3.47. The lowest BCUT2D eigenvalue weighted by molar-refractivity contribution is -0.118. The van der Waals surface area contributed by atoms with Crippen molar-refractivity contribution in [2.75, 3.05) is 5.32 Å². The minimum Gasteiger partial charge on any atom is -0.326 e. The van der Waals surface area contributed by atoms with E-state index in [0.29, 0.717) is 5.02 Å². The van der Waals surface area contributed by atoms with Crippen LogP contribution in [-0.2, 0) is 10.2 Å². The molecule has 3 rings (SSSR count). The van der Waals surface area contributed by atoms with Gasteiger partial charge in [-0.25, -0.2) is 0 Å². The summed E-state index contributed by atoms with van der Waals surface area (Å²) < 4.78 is 0. The lowest BCUT2D eigenvalue weighted by Crippen LogP contribution is -2.26. The molecular formula is C10H9ClN2O. The van der Waals surface area contributed by atoms with Crippen molar-refractivity contribution in [3.63, 3.8) is 0 Å². The molecule has 1 spiro atoms. The van der Waals surface area contributed by atoms with Crippen LogP contribution in [0, 0.1) is 0 Å². The third-order valence-electron chi connectivity index (χ3n) is 3.15. The van der Waals surface area contributed by atoms with Crippen molar-refractivity contribution in [3.05, 3.63) is 28.8 Å². The maximum Gasteiger partial charge on any atom is 0.236 e. The average molecular weight is 209 g/mol. The van der Waals surface area contributed by atoms with Crippen LogP contribution in [0.2, 0.25) is 5.02 Å². The normalized spacial score (nSPS) is 33.0. The highest BCUT2D eigenvalue weighted by atomic mass is 35.5. The van der Waals surface area contributed by atoms with Gasteiger partial charge in [0.1, 0.15) is 0 Å². The summed E-state index contributed by atoms with van der Waals surface area (Å²) in [5.74, 6) is -0.00639. The lowest BCUT2D eigenvalue weighted by Gasteiger charge is -2.05. The maximum absolute atomic E-state index is 11.7. The van der Waals surface area contributed by atoms with Crippen molar-refractivity contribution in [1.82, 2.24) is 0 Å². The van der Waals surface area contributed by atoms with E-state index in [9.17, 15) is 4.79 Å². The standard InChI is InChI=1S/C10H9ClN2O/c11-6-3-1-2-5-8(6)13-9(14)10(5)4-7(10)12/h1-3,7H,4,12H2,(H,13,14). The number of hydrogen-bond donors (Lipinski definition) is 2. The molecule has 0 aromatic heterocycles. The Kier molecular flexibility index (Phi) is 1.36. The smallest absolute Gasteiger partial charge is 0.236 e. The van der Waals surface area contributed by atoms with Crippen LogP contribution >= 0.6 is 11.6 Å². The Morgan fingerprint density at radius 3 is 2.93 bits per heavy atom. The molecule has 1 aliphatic carbocycles. The fourth-order valence-corrected chi connectivity index (χ4v) is 2.45. The number of amides is 1. The topological polar surface area (TPSA) is 55.1 Å². The van der Waals surface area contributed by atoms with Crippen LogP contribution in [0.3, 0.4) is 0 Å². The molecule has 0 bridgehead atoms. The van der Waals surface area contributed by atoms with Gasteiger partial charge in [-0.1, -0.05) is 23.7 Å². The van der Waals surface area contributed by atoms with Gasteiger partial charge >= 0.3 is 0 Å². The number of para-hydroxylation sites is 1. The first-order valence-electron chi connectivity index (χ1n) is 4.52. The maximum atomic E-state index is 11.7. The average Bonchev–Trinajstić information content (AvgIpc) is 2.73. The van der Waals surface area contributed by atoms with Crippen molar-refractivity contribution < 1.29 is 4.79 Å². The van der Waals surface area contributed by atoms with E-state index in [1.54, 1.807) is 6.07 Å². The van der Waals surface area contributed by atoms with Gasteiger partial charge in [-0.2, -0.15) is 0 Å². The van der Waals surface area contributed by atoms with Gasteiger partial charge in [0.25, 0.3) is 0 Å². The Hall–Kier alpha value is -1.06. The van der Waals surface area contributed by atoms with Crippen molar-refractivity contribution in [2.45, 2.75) is 17.9 Å². The number of nitrogens with one attached hydrogen (secondary N) is 1.